The summed E-state index contributed by atoms with van der Waals surface area (Å²) in [7, 11) is 2.36. The van der Waals surface area contributed by atoms with Crippen LogP contribution in [0.25, 0.3) is 0 Å². The molecule has 0 aliphatic rings. The van der Waals surface area contributed by atoms with Gasteiger partial charge in [0.25, 0.3) is 0 Å². The molecule has 0 aromatic heterocycles. The van der Waals surface area contributed by atoms with Crippen LogP contribution in [-0.2, 0) is 14.4 Å². The van der Waals surface area contributed by atoms with Crippen molar-refractivity contribution in [2.45, 2.75) is 51.7 Å². The first kappa shape index (κ1) is 21.5. The van der Waals surface area contributed by atoms with Gasteiger partial charge in [0.1, 0.15) is 12.1 Å². The normalized spacial score (nSPS) is 14.4. The Morgan fingerprint density at radius 3 is 2.32 bits per heavy atom. The third-order valence-electron chi connectivity index (χ3n) is 4.17. The number of benzene rings is 1. The maximum absolute atomic E-state index is 12.2. The zero-order valence-electron chi connectivity index (χ0n) is 14.9. The number of rotatable bonds is 11. The zero-order chi connectivity index (χ0) is 18.8. The number of Topliss-reactive ketones (excluding diaryl/α,β-unsaturated/α-hetero) is 2. The van der Waals surface area contributed by atoms with Crippen molar-refractivity contribution < 1.29 is 19.5 Å². The van der Waals surface area contributed by atoms with Crippen LogP contribution < -0.4 is 5.32 Å². The van der Waals surface area contributed by atoms with Gasteiger partial charge < -0.3 is 10.4 Å². The molecule has 0 spiro atoms. The Morgan fingerprint density at radius 1 is 1.12 bits per heavy atom. The second-order valence-corrected chi connectivity index (χ2v) is 6.67. The number of carbonyl (C=O) groups is 3. The van der Waals surface area contributed by atoms with Gasteiger partial charge in [-0.2, -0.15) is 0 Å². The van der Waals surface area contributed by atoms with Gasteiger partial charge in [-0.15, -0.1) is 9.24 Å². The monoisotopic (exact) mass is 365 g/mol. The van der Waals surface area contributed by atoms with Crippen LogP contribution in [0.2, 0.25) is 0 Å². The summed E-state index contributed by atoms with van der Waals surface area (Å²) in [4.78, 5) is 36.3. The van der Waals surface area contributed by atoms with E-state index in [2.05, 4.69) is 14.6 Å². The van der Waals surface area contributed by atoms with Crippen LogP contribution >= 0.6 is 9.24 Å². The molecule has 0 aliphatic carbocycles. The van der Waals surface area contributed by atoms with E-state index in [9.17, 15) is 19.5 Å². The molecule has 1 aromatic carbocycles. The van der Waals surface area contributed by atoms with Crippen LogP contribution in [0.1, 0.15) is 51.1 Å². The van der Waals surface area contributed by atoms with E-state index in [1.165, 1.54) is 0 Å². The number of aliphatic hydroxyl groups excluding tert-OH is 1. The highest BCUT2D eigenvalue weighted by atomic mass is 31.0. The minimum atomic E-state index is -1.04. The van der Waals surface area contributed by atoms with Crippen molar-refractivity contribution in [3.63, 3.8) is 0 Å². The molecule has 2 N–H and O–H groups in total. The van der Waals surface area contributed by atoms with Crippen LogP contribution in [0.15, 0.2) is 30.3 Å². The highest BCUT2D eigenvalue weighted by Gasteiger charge is 2.24. The third-order valence-corrected chi connectivity index (χ3v) is 4.58. The van der Waals surface area contributed by atoms with Crippen molar-refractivity contribution in [3.8, 4) is 0 Å². The summed E-state index contributed by atoms with van der Waals surface area (Å²) >= 11 is 0. The molecule has 1 amide bonds. The Kier molecular flexibility index (Phi) is 9.54. The van der Waals surface area contributed by atoms with Crippen LogP contribution in [0.3, 0.4) is 0 Å². The van der Waals surface area contributed by atoms with E-state index in [4.69, 9.17) is 0 Å². The first-order chi connectivity index (χ1) is 11.9. The molecule has 6 heteroatoms. The van der Waals surface area contributed by atoms with Crippen LogP contribution in [0.5, 0.6) is 0 Å². The Morgan fingerprint density at radius 2 is 1.76 bits per heavy atom. The maximum Gasteiger partial charge on any atom is 0.221 e. The highest BCUT2D eigenvalue weighted by Crippen LogP contribution is 2.16. The molecule has 4 atom stereocenters. The number of hydrogen-bond acceptors (Lipinski definition) is 4. The van der Waals surface area contributed by atoms with Crippen molar-refractivity contribution in [3.05, 3.63) is 35.9 Å². The van der Waals surface area contributed by atoms with Gasteiger partial charge in [0.2, 0.25) is 5.91 Å². The molecular weight excluding hydrogens is 337 g/mol. The molecule has 3 unspecified atom stereocenters. The van der Waals surface area contributed by atoms with Crippen molar-refractivity contribution >= 4 is 26.7 Å². The SMILES string of the molecule is CCCC(C)C(O)C(=O)CCC(=O)N[C@H](C(=O)CP)c1ccccc1. The van der Waals surface area contributed by atoms with E-state index in [0.29, 0.717) is 5.56 Å². The first-order valence-electron chi connectivity index (χ1n) is 8.68. The second-order valence-electron chi connectivity index (χ2n) is 6.26. The standard InChI is InChI=1S/C19H28NO4P/c1-3-7-13(2)19(24)15(21)10-11-17(23)20-18(16(22)12-25)14-8-5-4-6-9-14/h4-6,8-9,13,18-19,24H,3,7,10-12,25H2,1-2H3,(H,20,23)/t13?,18-,19?/m0/s1. The fourth-order valence-electron chi connectivity index (χ4n) is 2.66. The fourth-order valence-corrected chi connectivity index (χ4v) is 2.90. The summed E-state index contributed by atoms with van der Waals surface area (Å²) in [5, 5.41) is 12.7. The van der Waals surface area contributed by atoms with E-state index >= 15 is 0 Å². The molecule has 0 saturated heterocycles. The van der Waals surface area contributed by atoms with Crippen molar-refractivity contribution in [1.29, 1.82) is 0 Å². The molecular formula is C19H28NO4P. The van der Waals surface area contributed by atoms with E-state index in [1.54, 1.807) is 24.3 Å². The third kappa shape index (κ3) is 7.05. The first-order valence-corrected chi connectivity index (χ1v) is 9.50. The number of aliphatic hydroxyl groups is 1. The minimum Gasteiger partial charge on any atom is -0.385 e. The maximum atomic E-state index is 12.2. The quantitative estimate of drug-likeness (QED) is 0.590. The Balaban J connectivity index is 2.61. The Bertz CT molecular complexity index is 576. The van der Waals surface area contributed by atoms with Crippen LogP contribution in [0, 0.1) is 5.92 Å². The van der Waals surface area contributed by atoms with Crippen molar-refractivity contribution in [1.82, 2.24) is 5.32 Å². The van der Waals surface area contributed by atoms with Gasteiger partial charge in [-0.1, -0.05) is 50.6 Å². The molecule has 0 aliphatic heterocycles. The van der Waals surface area contributed by atoms with Gasteiger partial charge in [-0.05, 0) is 17.9 Å². The van der Waals surface area contributed by atoms with Crippen LogP contribution in [-0.4, -0.2) is 34.8 Å². The molecule has 1 aromatic rings. The summed E-state index contributed by atoms with van der Waals surface area (Å²) < 4.78 is 0. The number of carbonyl (C=O) groups excluding carboxylic acids is 3. The Labute approximate surface area is 151 Å². The Hall–Kier alpha value is -1.58. The number of ketones is 2. The molecule has 0 radical (unpaired) electrons. The topological polar surface area (TPSA) is 83.5 Å². The van der Waals surface area contributed by atoms with Gasteiger partial charge in [0.15, 0.2) is 11.6 Å². The van der Waals surface area contributed by atoms with Crippen molar-refractivity contribution in [2.75, 3.05) is 6.16 Å². The summed E-state index contributed by atoms with van der Waals surface area (Å²) in [6.45, 7) is 3.82. The molecule has 0 saturated carbocycles. The minimum absolute atomic E-state index is 0.0301. The van der Waals surface area contributed by atoms with E-state index < -0.39 is 12.1 Å². The predicted octanol–water partition coefficient (Wildman–Crippen LogP) is 2.43. The molecule has 1 rings (SSSR count). The number of hydrogen-bond donors (Lipinski definition) is 2. The second kappa shape index (κ2) is 11.1. The summed E-state index contributed by atoms with van der Waals surface area (Å²) in [5.41, 5.74) is 0.714. The summed E-state index contributed by atoms with van der Waals surface area (Å²) in [6, 6.07) is 8.30. The molecule has 5 nitrogen and oxygen atoms in total. The van der Waals surface area contributed by atoms with E-state index in [-0.39, 0.29) is 42.4 Å². The van der Waals surface area contributed by atoms with Crippen molar-refractivity contribution in [2.24, 2.45) is 5.92 Å². The van der Waals surface area contributed by atoms with Gasteiger partial charge in [0, 0.05) is 19.0 Å². The molecule has 138 valence electrons. The number of amides is 1. The smallest absolute Gasteiger partial charge is 0.221 e. The van der Waals surface area contributed by atoms with E-state index in [0.717, 1.165) is 12.8 Å². The molecule has 0 fully saturated rings. The zero-order valence-corrected chi connectivity index (χ0v) is 16.1. The van der Waals surface area contributed by atoms with Gasteiger partial charge in [-0.3, -0.25) is 14.4 Å². The average Bonchev–Trinajstić information content (AvgIpc) is 2.63. The highest BCUT2D eigenvalue weighted by molar-refractivity contribution is 7.18. The largest absolute Gasteiger partial charge is 0.385 e. The molecule has 0 heterocycles. The molecule has 0 bridgehead atoms. The lowest BCUT2D eigenvalue weighted by Gasteiger charge is -2.19. The van der Waals surface area contributed by atoms with E-state index in [1.807, 2.05) is 19.9 Å². The lowest BCUT2D eigenvalue weighted by molar-refractivity contribution is -0.132. The fraction of sp³-hybridized carbons (Fsp3) is 0.526. The summed E-state index contributed by atoms with van der Waals surface area (Å²) in [5.74, 6) is -0.933. The van der Waals surface area contributed by atoms with Gasteiger partial charge in [0.05, 0.1) is 0 Å². The summed E-state index contributed by atoms with van der Waals surface area (Å²) in [6.07, 6.45) is 0.775. The predicted molar refractivity (Wildman–Crippen MR) is 101 cm³/mol. The van der Waals surface area contributed by atoms with Gasteiger partial charge in [-0.25, -0.2) is 0 Å². The van der Waals surface area contributed by atoms with Crippen LogP contribution in [0.4, 0.5) is 0 Å². The lowest BCUT2D eigenvalue weighted by Crippen LogP contribution is -2.35. The lowest BCUT2D eigenvalue weighted by atomic mass is 9.94. The average molecular weight is 365 g/mol. The molecule has 25 heavy (non-hydrogen) atoms. The van der Waals surface area contributed by atoms with Gasteiger partial charge >= 0.3 is 0 Å². The number of nitrogens with one attached hydrogen (secondary N) is 1.